The van der Waals surface area contributed by atoms with Gasteiger partial charge in [0.1, 0.15) is 0 Å². The molecule has 0 aromatic carbocycles. The van der Waals surface area contributed by atoms with Gasteiger partial charge in [-0.15, -0.1) is 10.2 Å². The van der Waals surface area contributed by atoms with E-state index in [1.807, 2.05) is 32.8 Å². The predicted molar refractivity (Wildman–Crippen MR) is 81.4 cm³/mol. The molecule has 1 aromatic heterocycles. The number of hydrogen-bond donors (Lipinski definition) is 1. The molecule has 0 aliphatic carbocycles. The van der Waals surface area contributed by atoms with Crippen molar-refractivity contribution >= 4 is 5.91 Å². The number of aryl methyl sites for hydroxylation is 1. The van der Waals surface area contributed by atoms with Crippen LogP contribution in [0.3, 0.4) is 0 Å². The summed E-state index contributed by atoms with van der Waals surface area (Å²) in [5, 5.41) is 18.4. The zero-order valence-electron chi connectivity index (χ0n) is 13.9. The van der Waals surface area contributed by atoms with E-state index in [1.165, 1.54) is 0 Å². The van der Waals surface area contributed by atoms with Gasteiger partial charge in [0, 0.05) is 31.8 Å². The van der Waals surface area contributed by atoms with Crippen LogP contribution >= 0.6 is 0 Å². The van der Waals surface area contributed by atoms with Gasteiger partial charge in [-0.25, -0.2) is 0 Å². The summed E-state index contributed by atoms with van der Waals surface area (Å²) in [7, 11) is 3.84. The lowest BCUT2D eigenvalue weighted by atomic mass is 10.0. The number of rotatable bonds is 6. The van der Waals surface area contributed by atoms with Crippen molar-refractivity contribution in [2.24, 2.45) is 0 Å². The molecule has 22 heavy (non-hydrogen) atoms. The van der Waals surface area contributed by atoms with Gasteiger partial charge in [0.15, 0.2) is 0 Å². The van der Waals surface area contributed by atoms with Crippen LogP contribution in [-0.4, -0.2) is 70.3 Å². The number of likely N-dealkylation sites (N-methyl/N-ethyl adjacent to an activating group) is 1. The van der Waals surface area contributed by atoms with E-state index in [1.54, 1.807) is 4.90 Å². The summed E-state index contributed by atoms with van der Waals surface area (Å²) >= 11 is 0. The molecule has 1 saturated heterocycles. The molecular weight excluding hydrogens is 284 g/mol. The van der Waals surface area contributed by atoms with Crippen molar-refractivity contribution in [2.45, 2.75) is 44.6 Å². The number of carbonyl (C=O) groups excluding carboxylic acids is 1. The first-order valence-electron chi connectivity index (χ1n) is 7.76. The largest absolute Gasteiger partial charge is 0.425 e. The molecule has 1 fully saturated rings. The van der Waals surface area contributed by atoms with E-state index in [0.29, 0.717) is 50.7 Å². The van der Waals surface area contributed by atoms with Crippen LogP contribution in [0.2, 0.25) is 0 Å². The molecule has 1 N–H and O–H groups in total. The number of nitrogens with zero attached hydrogens (tertiary/aromatic N) is 4. The molecule has 1 aliphatic rings. The minimum atomic E-state index is -0.797. The van der Waals surface area contributed by atoms with Gasteiger partial charge in [0.25, 0.3) is 0 Å². The smallest absolute Gasteiger partial charge is 0.223 e. The Morgan fingerprint density at radius 3 is 2.77 bits per heavy atom. The van der Waals surface area contributed by atoms with E-state index in [4.69, 9.17) is 4.42 Å². The SMILES string of the molecule is CC(C)c1nnc(CCC(=O)N2CCC(O)(CN(C)C)C2)o1. The zero-order valence-corrected chi connectivity index (χ0v) is 13.9. The van der Waals surface area contributed by atoms with Crippen LogP contribution in [0, 0.1) is 0 Å². The molecule has 1 aromatic rings. The Kier molecular flexibility index (Phi) is 5.18. The predicted octanol–water partition coefficient (Wildman–Crippen LogP) is 0.651. The lowest BCUT2D eigenvalue weighted by Gasteiger charge is -2.26. The van der Waals surface area contributed by atoms with Crippen molar-refractivity contribution in [3.8, 4) is 0 Å². The summed E-state index contributed by atoms with van der Waals surface area (Å²) in [5.41, 5.74) is -0.797. The summed E-state index contributed by atoms with van der Waals surface area (Å²) in [6.07, 6.45) is 1.40. The van der Waals surface area contributed by atoms with Crippen LogP contribution in [0.15, 0.2) is 4.42 Å². The third kappa shape index (κ3) is 4.27. The Labute approximate surface area is 131 Å². The number of carbonyl (C=O) groups is 1. The van der Waals surface area contributed by atoms with Crippen LogP contribution < -0.4 is 0 Å². The molecule has 1 aliphatic heterocycles. The minimum absolute atomic E-state index is 0.0268. The number of aliphatic hydroxyl groups is 1. The molecule has 0 radical (unpaired) electrons. The molecule has 1 unspecified atom stereocenters. The fourth-order valence-electron chi connectivity index (χ4n) is 2.76. The highest BCUT2D eigenvalue weighted by Gasteiger charge is 2.38. The third-order valence-electron chi connectivity index (χ3n) is 3.82. The van der Waals surface area contributed by atoms with Gasteiger partial charge in [0.05, 0.1) is 12.1 Å². The Morgan fingerprint density at radius 1 is 1.45 bits per heavy atom. The molecule has 7 heteroatoms. The minimum Gasteiger partial charge on any atom is -0.425 e. The van der Waals surface area contributed by atoms with Crippen molar-refractivity contribution in [2.75, 3.05) is 33.7 Å². The first-order chi connectivity index (χ1) is 10.3. The highest BCUT2D eigenvalue weighted by molar-refractivity contribution is 5.76. The highest BCUT2D eigenvalue weighted by Crippen LogP contribution is 2.23. The summed E-state index contributed by atoms with van der Waals surface area (Å²) in [6, 6.07) is 0. The molecule has 0 spiro atoms. The Morgan fingerprint density at radius 2 is 2.18 bits per heavy atom. The fraction of sp³-hybridized carbons (Fsp3) is 0.800. The maximum absolute atomic E-state index is 12.2. The highest BCUT2D eigenvalue weighted by atomic mass is 16.4. The molecule has 0 bridgehead atoms. The van der Waals surface area contributed by atoms with Crippen molar-refractivity contribution in [1.29, 1.82) is 0 Å². The summed E-state index contributed by atoms with van der Waals surface area (Å²) < 4.78 is 5.50. The quantitative estimate of drug-likeness (QED) is 0.831. The number of β-amino-alcohol motifs (C(OH)–C–C–N with tert-alkyl or cyclic N) is 1. The second-order valence-electron chi connectivity index (χ2n) is 6.72. The monoisotopic (exact) mass is 310 g/mol. The summed E-state index contributed by atoms with van der Waals surface area (Å²) in [6.45, 7) is 5.53. The topological polar surface area (TPSA) is 82.7 Å². The van der Waals surface area contributed by atoms with Gasteiger partial charge < -0.3 is 19.3 Å². The standard InChI is InChI=1S/C15H26N4O3/c1-11(2)14-17-16-12(22-14)5-6-13(20)19-8-7-15(21,10-19)9-18(3)4/h11,21H,5-10H2,1-4H3. The lowest BCUT2D eigenvalue weighted by Crippen LogP contribution is -2.43. The zero-order chi connectivity index (χ0) is 16.3. The van der Waals surface area contributed by atoms with Crippen LogP contribution in [0.25, 0.3) is 0 Å². The van der Waals surface area contributed by atoms with Gasteiger partial charge in [-0.1, -0.05) is 13.8 Å². The molecule has 0 saturated carbocycles. The lowest BCUT2D eigenvalue weighted by molar-refractivity contribution is -0.131. The summed E-state index contributed by atoms with van der Waals surface area (Å²) in [5.74, 6) is 1.32. The van der Waals surface area contributed by atoms with Crippen LogP contribution in [0.1, 0.15) is 44.4 Å². The van der Waals surface area contributed by atoms with Crippen LogP contribution in [0.5, 0.6) is 0 Å². The average Bonchev–Trinajstić information content (AvgIpc) is 3.02. The average molecular weight is 310 g/mol. The number of aromatic nitrogens is 2. The van der Waals surface area contributed by atoms with E-state index in [9.17, 15) is 9.90 Å². The molecule has 2 heterocycles. The Balaban J connectivity index is 1.83. The molecule has 1 amide bonds. The van der Waals surface area contributed by atoms with Gasteiger partial charge in [0.2, 0.25) is 17.7 Å². The van der Waals surface area contributed by atoms with E-state index in [0.717, 1.165) is 0 Å². The maximum Gasteiger partial charge on any atom is 0.223 e. The van der Waals surface area contributed by atoms with Crippen molar-refractivity contribution < 1.29 is 14.3 Å². The molecule has 1 atom stereocenters. The van der Waals surface area contributed by atoms with Crippen molar-refractivity contribution in [3.05, 3.63) is 11.8 Å². The Hall–Kier alpha value is -1.47. The van der Waals surface area contributed by atoms with Gasteiger partial charge in [-0.3, -0.25) is 4.79 Å². The van der Waals surface area contributed by atoms with Gasteiger partial charge >= 0.3 is 0 Å². The van der Waals surface area contributed by atoms with Gasteiger partial charge in [-0.2, -0.15) is 0 Å². The van der Waals surface area contributed by atoms with E-state index in [2.05, 4.69) is 10.2 Å². The van der Waals surface area contributed by atoms with E-state index < -0.39 is 5.60 Å². The molecular formula is C15H26N4O3. The first kappa shape index (κ1) is 16.9. The number of amides is 1. The molecule has 124 valence electrons. The summed E-state index contributed by atoms with van der Waals surface area (Å²) in [4.78, 5) is 15.9. The van der Waals surface area contributed by atoms with Gasteiger partial charge in [-0.05, 0) is 20.5 Å². The second kappa shape index (κ2) is 6.75. The van der Waals surface area contributed by atoms with Crippen LogP contribution in [-0.2, 0) is 11.2 Å². The van der Waals surface area contributed by atoms with E-state index >= 15 is 0 Å². The van der Waals surface area contributed by atoms with Crippen molar-refractivity contribution in [3.63, 3.8) is 0 Å². The molecule has 2 rings (SSSR count). The maximum atomic E-state index is 12.2. The normalized spacial score (nSPS) is 22.0. The third-order valence-corrected chi connectivity index (χ3v) is 3.82. The van der Waals surface area contributed by atoms with Crippen molar-refractivity contribution in [1.82, 2.24) is 20.0 Å². The number of hydrogen-bond acceptors (Lipinski definition) is 6. The second-order valence-corrected chi connectivity index (χ2v) is 6.72. The van der Waals surface area contributed by atoms with Crippen LogP contribution in [0.4, 0.5) is 0 Å². The molecule has 7 nitrogen and oxygen atoms in total. The number of likely N-dealkylation sites (tertiary alicyclic amines) is 1. The Bertz CT molecular complexity index is 515. The first-order valence-corrected chi connectivity index (χ1v) is 7.76. The fourth-order valence-corrected chi connectivity index (χ4v) is 2.76. The van der Waals surface area contributed by atoms with E-state index in [-0.39, 0.29) is 11.8 Å².